The molecular weight excluding hydrogens is 350 g/mol. The van der Waals surface area contributed by atoms with E-state index in [1.807, 2.05) is 0 Å². The van der Waals surface area contributed by atoms with E-state index < -0.39 is 17.8 Å². The van der Waals surface area contributed by atoms with E-state index in [0.29, 0.717) is 28.7 Å². The minimum Gasteiger partial charge on any atom is -0.493 e. The number of ether oxygens (including phenoxy) is 2. The van der Waals surface area contributed by atoms with Crippen molar-refractivity contribution in [1.82, 2.24) is 5.06 Å². The van der Waals surface area contributed by atoms with Crippen LogP contribution in [0, 0.1) is 0 Å². The van der Waals surface area contributed by atoms with Crippen molar-refractivity contribution in [3.05, 3.63) is 29.8 Å². The molecule has 1 aromatic carbocycles. The Morgan fingerprint density at radius 3 is 2.52 bits per heavy atom. The zero-order valence-electron chi connectivity index (χ0n) is 15.7. The predicted molar refractivity (Wildman–Crippen MR) is 98.8 cm³/mol. The first-order valence-electron chi connectivity index (χ1n) is 9.11. The van der Waals surface area contributed by atoms with Crippen LogP contribution in [0.25, 0.3) is 6.08 Å². The maximum atomic E-state index is 11.8. The van der Waals surface area contributed by atoms with Crippen molar-refractivity contribution in [2.45, 2.75) is 45.4 Å². The van der Waals surface area contributed by atoms with Gasteiger partial charge in [0.1, 0.15) is 0 Å². The third kappa shape index (κ3) is 6.13. The Bertz CT molecular complexity index is 696. The van der Waals surface area contributed by atoms with Crippen LogP contribution in [0.1, 0.15) is 51.0 Å². The van der Waals surface area contributed by atoms with Crippen molar-refractivity contribution in [3.63, 3.8) is 0 Å². The number of rotatable bonds is 10. The monoisotopic (exact) mass is 375 g/mol. The first-order valence-corrected chi connectivity index (χ1v) is 9.11. The third-order valence-electron chi connectivity index (χ3n) is 4.04. The van der Waals surface area contributed by atoms with Gasteiger partial charge in [0.2, 0.25) is 0 Å². The van der Waals surface area contributed by atoms with Crippen LogP contribution >= 0.6 is 0 Å². The van der Waals surface area contributed by atoms with Gasteiger partial charge in [-0.1, -0.05) is 32.3 Å². The second kappa shape index (κ2) is 10.4. The molecule has 1 aromatic rings. The number of benzene rings is 1. The third-order valence-corrected chi connectivity index (χ3v) is 4.04. The molecule has 27 heavy (non-hydrogen) atoms. The van der Waals surface area contributed by atoms with Gasteiger partial charge in [0.05, 0.1) is 13.7 Å². The number of carbonyl (C=O) groups excluding carboxylic acids is 3. The van der Waals surface area contributed by atoms with Gasteiger partial charge in [0.15, 0.2) is 11.5 Å². The molecule has 0 saturated carbocycles. The van der Waals surface area contributed by atoms with Crippen molar-refractivity contribution < 1.29 is 28.7 Å². The molecule has 0 N–H and O–H groups in total. The lowest BCUT2D eigenvalue weighted by molar-refractivity contribution is -0.193. The lowest BCUT2D eigenvalue weighted by Gasteiger charge is -2.12. The van der Waals surface area contributed by atoms with E-state index in [2.05, 4.69) is 6.92 Å². The number of hydrogen-bond donors (Lipinski definition) is 0. The minimum atomic E-state index is -0.797. The van der Waals surface area contributed by atoms with Crippen molar-refractivity contribution in [1.29, 1.82) is 0 Å². The normalized spacial score (nSPS) is 14.1. The highest BCUT2D eigenvalue weighted by Crippen LogP contribution is 2.29. The van der Waals surface area contributed by atoms with Gasteiger partial charge in [-0.3, -0.25) is 9.59 Å². The van der Waals surface area contributed by atoms with E-state index in [-0.39, 0.29) is 12.8 Å². The van der Waals surface area contributed by atoms with Gasteiger partial charge in [-0.15, -0.1) is 5.06 Å². The Kier molecular flexibility index (Phi) is 7.85. The van der Waals surface area contributed by atoms with Crippen LogP contribution in [0.15, 0.2) is 24.3 Å². The zero-order chi connectivity index (χ0) is 19.6. The molecule has 0 radical (unpaired) electrons. The number of amides is 2. The van der Waals surface area contributed by atoms with Gasteiger partial charge in [-0.2, -0.15) is 0 Å². The summed E-state index contributed by atoms with van der Waals surface area (Å²) in [6, 6.07) is 5.29. The molecule has 0 atom stereocenters. The SMILES string of the molecule is CCCCCCOc1ccc(/C=C/C(=O)ON2C(=O)CCC2=O)cc1OC. The summed E-state index contributed by atoms with van der Waals surface area (Å²) >= 11 is 0. The summed E-state index contributed by atoms with van der Waals surface area (Å²) in [6.45, 7) is 2.78. The highest BCUT2D eigenvalue weighted by molar-refractivity contribution is 6.02. The molecule has 0 spiro atoms. The minimum absolute atomic E-state index is 0.0624. The fraction of sp³-hybridized carbons (Fsp3) is 0.450. The van der Waals surface area contributed by atoms with Crippen LogP contribution in [0.5, 0.6) is 11.5 Å². The van der Waals surface area contributed by atoms with Crippen LogP contribution in [-0.4, -0.2) is 36.6 Å². The predicted octanol–water partition coefficient (Wildman–Crippen LogP) is 3.27. The van der Waals surface area contributed by atoms with Gasteiger partial charge in [-0.05, 0) is 30.2 Å². The van der Waals surface area contributed by atoms with E-state index >= 15 is 0 Å². The zero-order valence-corrected chi connectivity index (χ0v) is 15.7. The van der Waals surface area contributed by atoms with Gasteiger partial charge >= 0.3 is 5.97 Å². The smallest absolute Gasteiger partial charge is 0.356 e. The Morgan fingerprint density at radius 2 is 1.85 bits per heavy atom. The van der Waals surface area contributed by atoms with Crippen molar-refractivity contribution in [2.24, 2.45) is 0 Å². The molecule has 1 heterocycles. The lowest BCUT2D eigenvalue weighted by Crippen LogP contribution is -2.31. The molecule has 0 aromatic heterocycles. The summed E-state index contributed by atoms with van der Waals surface area (Å²) in [4.78, 5) is 39.4. The molecule has 146 valence electrons. The van der Waals surface area contributed by atoms with Crippen LogP contribution in [0.4, 0.5) is 0 Å². The van der Waals surface area contributed by atoms with E-state index in [9.17, 15) is 14.4 Å². The van der Waals surface area contributed by atoms with Crippen molar-refractivity contribution in [3.8, 4) is 11.5 Å². The molecule has 0 aliphatic carbocycles. The number of hydroxylamine groups is 2. The van der Waals surface area contributed by atoms with E-state index in [1.54, 1.807) is 25.3 Å². The number of nitrogens with zero attached hydrogens (tertiary/aromatic N) is 1. The standard InChI is InChI=1S/C20H25NO6/c1-3-4-5-6-13-26-16-9-7-15(14-17(16)25-2)8-12-20(24)27-21-18(22)10-11-19(21)23/h7-9,12,14H,3-6,10-11,13H2,1-2H3/b12-8+. The fourth-order valence-corrected chi connectivity index (χ4v) is 2.56. The molecule has 7 nitrogen and oxygen atoms in total. The number of imide groups is 1. The van der Waals surface area contributed by atoms with E-state index in [0.717, 1.165) is 18.9 Å². The van der Waals surface area contributed by atoms with Gasteiger partial charge in [-0.25, -0.2) is 4.79 Å². The average Bonchev–Trinajstić information content (AvgIpc) is 2.98. The van der Waals surface area contributed by atoms with Crippen LogP contribution < -0.4 is 9.47 Å². The summed E-state index contributed by atoms with van der Waals surface area (Å²) in [5, 5.41) is 0.517. The van der Waals surface area contributed by atoms with Crippen molar-refractivity contribution in [2.75, 3.05) is 13.7 Å². The van der Waals surface area contributed by atoms with Crippen molar-refractivity contribution >= 4 is 23.9 Å². The first-order chi connectivity index (χ1) is 13.0. The number of hydrogen-bond acceptors (Lipinski definition) is 6. The topological polar surface area (TPSA) is 82.1 Å². The lowest BCUT2D eigenvalue weighted by atomic mass is 10.2. The molecule has 1 fully saturated rings. The number of methoxy groups -OCH3 is 1. The van der Waals surface area contributed by atoms with Crippen LogP contribution in [0.3, 0.4) is 0 Å². The highest BCUT2D eigenvalue weighted by Gasteiger charge is 2.32. The quantitative estimate of drug-likeness (QED) is 0.355. The Morgan fingerprint density at radius 1 is 1.11 bits per heavy atom. The van der Waals surface area contributed by atoms with Gasteiger partial charge in [0, 0.05) is 18.9 Å². The molecule has 2 amide bonds. The summed E-state index contributed by atoms with van der Waals surface area (Å²) in [6.07, 6.45) is 7.27. The maximum Gasteiger partial charge on any atom is 0.356 e. The summed E-state index contributed by atoms with van der Waals surface area (Å²) < 4.78 is 11.1. The molecule has 0 unspecified atom stereocenters. The van der Waals surface area contributed by atoms with Crippen LogP contribution in [-0.2, 0) is 19.2 Å². The highest BCUT2D eigenvalue weighted by atomic mass is 16.7. The van der Waals surface area contributed by atoms with Crippen LogP contribution in [0.2, 0.25) is 0 Å². The second-order valence-corrected chi connectivity index (χ2v) is 6.14. The number of carbonyl (C=O) groups is 3. The molecule has 7 heteroatoms. The Hall–Kier alpha value is -2.83. The summed E-state index contributed by atoms with van der Waals surface area (Å²) in [5.74, 6) is -0.616. The number of unbranched alkanes of at least 4 members (excludes halogenated alkanes) is 3. The molecule has 2 rings (SSSR count). The summed E-state index contributed by atoms with van der Waals surface area (Å²) in [7, 11) is 1.55. The van der Waals surface area contributed by atoms with E-state index in [4.69, 9.17) is 14.3 Å². The largest absolute Gasteiger partial charge is 0.493 e. The second-order valence-electron chi connectivity index (χ2n) is 6.14. The Balaban J connectivity index is 1.92. The molecule has 1 aliphatic rings. The molecular formula is C20H25NO6. The molecule has 1 saturated heterocycles. The Labute approximate surface area is 158 Å². The molecule has 0 bridgehead atoms. The van der Waals surface area contributed by atoms with Gasteiger partial charge in [0.25, 0.3) is 11.8 Å². The van der Waals surface area contributed by atoms with Gasteiger partial charge < -0.3 is 14.3 Å². The molecule has 1 aliphatic heterocycles. The fourth-order valence-electron chi connectivity index (χ4n) is 2.56. The average molecular weight is 375 g/mol. The summed E-state index contributed by atoms with van der Waals surface area (Å²) in [5.41, 5.74) is 0.696. The maximum absolute atomic E-state index is 11.8. The first kappa shape index (κ1) is 20.5. The van der Waals surface area contributed by atoms with E-state index in [1.165, 1.54) is 18.9 Å².